The lowest BCUT2D eigenvalue weighted by atomic mass is 9.93. The van der Waals surface area contributed by atoms with Crippen molar-refractivity contribution in [2.75, 3.05) is 5.73 Å². The van der Waals surface area contributed by atoms with Crippen molar-refractivity contribution in [2.45, 2.75) is 25.4 Å². The molecule has 1 aliphatic carbocycles. The van der Waals surface area contributed by atoms with E-state index in [1.807, 2.05) is 18.2 Å². The van der Waals surface area contributed by atoms with Crippen LogP contribution in [0.25, 0.3) is 11.0 Å². The molecule has 2 aromatic rings. The fourth-order valence-electron chi connectivity index (χ4n) is 2.36. The number of para-hydroxylation sites is 1. The molecule has 1 unspecified atom stereocenters. The summed E-state index contributed by atoms with van der Waals surface area (Å²) in [6, 6.07) is 5.68. The minimum Gasteiger partial charge on any atom is -0.459 e. The Hall–Kier alpha value is -1.48. The molecular weight excluding hydrogens is 190 g/mol. The Morgan fingerprint density at radius 1 is 1.40 bits per heavy atom. The van der Waals surface area contributed by atoms with E-state index in [-0.39, 0.29) is 0 Å². The van der Waals surface area contributed by atoms with Crippen molar-refractivity contribution >= 4 is 16.7 Å². The summed E-state index contributed by atoms with van der Waals surface area (Å²) in [7, 11) is 0. The lowest BCUT2D eigenvalue weighted by Gasteiger charge is -2.15. The van der Waals surface area contributed by atoms with Crippen LogP contribution >= 0.6 is 0 Å². The van der Waals surface area contributed by atoms with Crippen LogP contribution in [0.4, 0.5) is 5.69 Å². The molecule has 1 atom stereocenters. The molecule has 0 fully saturated rings. The van der Waals surface area contributed by atoms with Gasteiger partial charge in [0.2, 0.25) is 0 Å². The largest absolute Gasteiger partial charge is 0.459 e. The van der Waals surface area contributed by atoms with Gasteiger partial charge in [0.1, 0.15) is 5.76 Å². The second-order valence-corrected chi connectivity index (χ2v) is 4.07. The maximum atomic E-state index is 9.94. The number of rotatable bonds is 0. The zero-order valence-corrected chi connectivity index (χ0v) is 8.36. The van der Waals surface area contributed by atoms with Crippen molar-refractivity contribution in [3.8, 4) is 0 Å². The first kappa shape index (κ1) is 8.80. The summed E-state index contributed by atoms with van der Waals surface area (Å²) in [6.07, 6.45) is 2.31. The van der Waals surface area contributed by atoms with Crippen molar-refractivity contribution in [2.24, 2.45) is 0 Å². The van der Waals surface area contributed by atoms with E-state index in [1.165, 1.54) is 0 Å². The number of nitrogen functional groups attached to an aromatic ring is 1. The van der Waals surface area contributed by atoms with Crippen molar-refractivity contribution in [1.82, 2.24) is 0 Å². The molecule has 0 saturated carbocycles. The highest BCUT2D eigenvalue weighted by Crippen LogP contribution is 2.39. The van der Waals surface area contributed by atoms with Gasteiger partial charge in [-0.05, 0) is 18.9 Å². The van der Waals surface area contributed by atoms with Crippen LogP contribution in [0.3, 0.4) is 0 Å². The molecule has 3 rings (SSSR count). The first-order chi connectivity index (χ1) is 7.27. The van der Waals surface area contributed by atoms with Gasteiger partial charge in [-0.3, -0.25) is 0 Å². The Balaban J connectivity index is 2.36. The number of furan rings is 1. The number of aliphatic hydroxyl groups excluding tert-OH is 1. The molecule has 1 aromatic heterocycles. The average Bonchev–Trinajstić information content (AvgIpc) is 2.59. The van der Waals surface area contributed by atoms with E-state index in [0.717, 1.165) is 41.6 Å². The summed E-state index contributed by atoms with van der Waals surface area (Å²) >= 11 is 0. The van der Waals surface area contributed by atoms with Gasteiger partial charge in [0, 0.05) is 17.4 Å². The maximum absolute atomic E-state index is 9.94. The van der Waals surface area contributed by atoms with E-state index in [1.54, 1.807) is 0 Å². The van der Waals surface area contributed by atoms with Gasteiger partial charge in [-0.1, -0.05) is 12.1 Å². The van der Waals surface area contributed by atoms with Crippen LogP contribution in [0.1, 0.15) is 30.3 Å². The standard InChI is InChI=1S/C12H13NO2/c13-8-4-1-3-7-11-9(14)5-2-6-10(11)15-12(7)8/h1,3-4,9,14H,2,5-6,13H2. The van der Waals surface area contributed by atoms with Crippen LogP contribution in [-0.4, -0.2) is 5.11 Å². The Bertz CT molecular complexity index is 516. The number of hydrogen-bond acceptors (Lipinski definition) is 3. The van der Waals surface area contributed by atoms with Crippen LogP contribution in [0.15, 0.2) is 22.6 Å². The van der Waals surface area contributed by atoms with Crippen LogP contribution in [0, 0.1) is 0 Å². The molecule has 78 valence electrons. The van der Waals surface area contributed by atoms with Crippen molar-refractivity contribution in [3.05, 3.63) is 29.5 Å². The molecule has 3 heteroatoms. The van der Waals surface area contributed by atoms with Gasteiger partial charge in [-0.2, -0.15) is 0 Å². The Kier molecular flexibility index (Phi) is 1.76. The number of aryl methyl sites for hydroxylation is 1. The second-order valence-electron chi connectivity index (χ2n) is 4.07. The Morgan fingerprint density at radius 2 is 2.27 bits per heavy atom. The Labute approximate surface area is 87.5 Å². The lowest BCUT2D eigenvalue weighted by Crippen LogP contribution is -2.06. The van der Waals surface area contributed by atoms with Crippen LogP contribution in [0.5, 0.6) is 0 Å². The highest BCUT2D eigenvalue weighted by atomic mass is 16.3. The van der Waals surface area contributed by atoms with Gasteiger partial charge < -0.3 is 15.3 Å². The number of nitrogens with two attached hydrogens (primary N) is 1. The number of hydrogen-bond donors (Lipinski definition) is 2. The zero-order chi connectivity index (χ0) is 10.4. The molecule has 0 aliphatic heterocycles. The van der Waals surface area contributed by atoms with Crippen molar-refractivity contribution in [1.29, 1.82) is 0 Å². The molecule has 15 heavy (non-hydrogen) atoms. The molecule has 3 nitrogen and oxygen atoms in total. The quantitative estimate of drug-likeness (QED) is 0.646. The number of aliphatic hydroxyl groups is 1. The van der Waals surface area contributed by atoms with Gasteiger partial charge in [-0.15, -0.1) is 0 Å². The predicted octanol–water partition coefficient (Wildman–Crippen LogP) is 2.38. The molecule has 0 bridgehead atoms. The summed E-state index contributed by atoms with van der Waals surface area (Å²) in [5.74, 6) is 0.904. The monoisotopic (exact) mass is 203 g/mol. The molecule has 0 amide bonds. The van der Waals surface area contributed by atoms with Gasteiger partial charge in [0.25, 0.3) is 0 Å². The smallest absolute Gasteiger partial charge is 0.157 e. The summed E-state index contributed by atoms with van der Waals surface area (Å²) in [5.41, 5.74) is 8.16. The van der Waals surface area contributed by atoms with Crippen LogP contribution < -0.4 is 5.73 Å². The molecule has 0 saturated heterocycles. The van der Waals surface area contributed by atoms with Crippen molar-refractivity contribution in [3.63, 3.8) is 0 Å². The van der Waals surface area contributed by atoms with E-state index in [4.69, 9.17) is 10.2 Å². The van der Waals surface area contributed by atoms with Gasteiger partial charge in [0.05, 0.1) is 11.8 Å². The summed E-state index contributed by atoms with van der Waals surface area (Å²) < 4.78 is 5.71. The fraction of sp³-hybridized carbons (Fsp3) is 0.333. The van der Waals surface area contributed by atoms with E-state index < -0.39 is 6.10 Å². The highest BCUT2D eigenvalue weighted by Gasteiger charge is 2.25. The summed E-state index contributed by atoms with van der Waals surface area (Å²) in [4.78, 5) is 0. The molecular formula is C12H13NO2. The second kappa shape index (κ2) is 3.00. The highest BCUT2D eigenvalue weighted by molar-refractivity contribution is 5.91. The summed E-state index contributed by atoms with van der Waals surface area (Å²) in [5, 5.41) is 10.9. The topological polar surface area (TPSA) is 59.4 Å². The van der Waals surface area contributed by atoms with E-state index in [0.29, 0.717) is 5.69 Å². The minimum absolute atomic E-state index is 0.392. The first-order valence-corrected chi connectivity index (χ1v) is 5.25. The van der Waals surface area contributed by atoms with Crippen molar-refractivity contribution < 1.29 is 9.52 Å². The van der Waals surface area contributed by atoms with E-state index >= 15 is 0 Å². The van der Waals surface area contributed by atoms with Gasteiger partial charge in [0.15, 0.2) is 5.58 Å². The zero-order valence-electron chi connectivity index (χ0n) is 8.36. The fourth-order valence-corrected chi connectivity index (χ4v) is 2.36. The normalized spacial score (nSPS) is 20.5. The van der Waals surface area contributed by atoms with Gasteiger partial charge >= 0.3 is 0 Å². The molecule has 1 heterocycles. The third-order valence-electron chi connectivity index (χ3n) is 3.08. The minimum atomic E-state index is -0.392. The molecule has 0 spiro atoms. The summed E-state index contributed by atoms with van der Waals surface area (Å²) in [6.45, 7) is 0. The van der Waals surface area contributed by atoms with Gasteiger partial charge in [-0.25, -0.2) is 0 Å². The SMILES string of the molecule is Nc1cccc2c3c(oc12)CCCC3O. The Morgan fingerprint density at radius 3 is 3.13 bits per heavy atom. The van der Waals surface area contributed by atoms with Crippen LogP contribution in [-0.2, 0) is 6.42 Å². The average molecular weight is 203 g/mol. The maximum Gasteiger partial charge on any atom is 0.157 e. The predicted molar refractivity (Wildman–Crippen MR) is 58.5 cm³/mol. The third kappa shape index (κ3) is 1.16. The molecule has 3 N–H and O–H groups in total. The number of benzene rings is 1. The lowest BCUT2D eigenvalue weighted by molar-refractivity contribution is 0.154. The third-order valence-corrected chi connectivity index (χ3v) is 3.08. The van der Waals surface area contributed by atoms with Crippen LogP contribution in [0.2, 0.25) is 0 Å². The van der Waals surface area contributed by atoms with E-state index in [2.05, 4.69) is 0 Å². The number of fused-ring (bicyclic) bond motifs is 3. The molecule has 1 aliphatic rings. The molecule has 1 aromatic carbocycles. The number of anilines is 1. The molecule has 0 radical (unpaired) electrons. The van der Waals surface area contributed by atoms with E-state index in [9.17, 15) is 5.11 Å². The first-order valence-electron chi connectivity index (χ1n) is 5.25.